The number of benzene rings is 1. The largest absolute Gasteiger partial charge is 0.496 e. The lowest BCUT2D eigenvalue weighted by Gasteiger charge is -2.13. The molecule has 0 aliphatic carbocycles. The van der Waals surface area contributed by atoms with Gasteiger partial charge in [0, 0.05) is 18.8 Å². The van der Waals surface area contributed by atoms with E-state index in [0.717, 1.165) is 18.0 Å². The van der Waals surface area contributed by atoms with Gasteiger partial charge < -0.3 is 15.8 Å². The maximum atomic E-state index is 5.43. The van der Waals surface area contributed by atoms with Crippen LogP contribution in [0, 0.1) is 13.8 Å². The minimum atomic E-state index is 0.643. The predicted molar refractivity (Wildman–Crippen MR) is 60.0 cm³/mol. The van der Waals surface area contributed by atoms with Gasteiger partial charge in [0.15, 0.2) is 0 Å². The molecule has 0 spiro atoms. The van der Waals surface area contributed by atoms with E-state index in [9.17, 15) is 0 Å². The number of hydrogen-bond donors (Lipinski definition) is 2. The zero-order valence-corrected chi connectivity index (χ0v) is 9.05. The fourth-order valence-electron chi connectivity index (χ4n) is 1.42. The minimum Gasteiger partial charge on any atom is -0.496 e. The Morgan fingerprint density at radius 3 is 2.57 bits per heavy atom. The summed E-state index contributed by atoms with van der Waals surface area (Å²) < 4.78 is 5.23. The first-order valence-corrected chi connectivity index (χ1v) is 4.78. The van der Waals surface area contributed by atoms with E-state index in [1.165, 1.54) is 11.1 Å². The van der Waals surface area contributed by atoms with Crippen molar-refractivity contribution in [1.82, 2.24) is 0 Å². The molecule has 0 atom stereocenters. The molecular weight excluding hydrogens is 176 g/mol. The number of methoxy groups -OCH3 is 1. The van der Waals surface area contributed by atoms with Crippen LogP contribution in [0.25, 0.3) is 0 Å². The smallest absolute Gasteiger partial charge is 0.122 e. The van der Waals surface area contributed by atoms with Crippen molar-refractivity contribution >= 4 is 5.69 Å². The average Bonchev–Trinajstić information content (AvgIpc) is 2.20. The minimum absolute atomic E-state index is 0.643. The summed E-state index contributed by atoms with van der Waals surface area (Å²) in [5.41, 5.74) is 8.96. The molecule has 0 amide bonds. The van der Waals surface area contributed by atoms with Crippen molar-refractivity contribution in [3.8, 4) is 5.75 Å². The molecule has 1 aromatic carbocycles. The van der Waals surface area contributed by atoms with Crippen LogP contribution in [0.15, 0.2) is 12.1 Å². The first kappa shape index (κ1) is 10.9. The van der Waals surface area contributed by atoms with Gasteiger partial charge in [-0.15, -0.1) is 0 Å². The molecule has 0 aliphatic heterocycles. The lowest BCUT2D eigenvalue weighted by molar-refractivity contribution is 0.411. The van der Waals surface area contributed by atoms with E-state index in [4.69, 9.17) is 10.5 Å². The third kappa shape index (κ3) is 2.17. The van der Waals surface area contributed by atoms with Crippen molar-refractivity contribution in [3.05, 3.63) is 23.3 Å². The molecule has 0 heterocycles. The SMILES string of the molecule is COc1ccc(NCCN)c(C)c1C. The Balaban J connectivity index is 2.92. The maximum Gasteiger partial charge on any atom is 0.122 e. The molecular formula is C11H18N2O. The first-order valence-electron chi connectivity index (χ1n) is 4.78. The highest BCUT2D eigenvalue weighted by atomic mass is 16.5. The van der Waals surface area contributed by atoms with Crippen molar-refractivity contribution in [3.63, 3.8) is 0 Å². The topological polar surface area (TPSA) is 47.3 Å². The number of nitrogens with one attached hydrogen (secondary N) is 1. The highest BCUT2D eigenvalue weighted by molar-refractivity contribution is 5.58. The molecule has 3 heteroatoms. The molecule has 78 valence electrons. The second-order valence-corrected chi connectivity index (χ2v) is 3.28. The Hall–Kier alpha value is -1.22. The molecule has 0 radical (unpaired) electrons. The number of rotatable bonds is 4. The predicted octanol–water partition coefficient (Wildman–Crippen LogP) is 1.68. The maximum absolute atomic E-state index is 5.43. The van der Waals surface area contributed by atoms with Gasteiger partial charge in [-0.25, -0.2) is 0 Å². The molecule has 0 fully saturated rings. The Kier molecular flexibility index (Phi) is 3.77. The van der Waals surface area contributed by atoms with E-state index in [2.05, 4.69) is 19.2 Å². The monoisotopic (exact) mass is 194 g/mol. The molecule has 0 bridgehead atoms. The molecule has 3 N–H and O–H groups in total. The molecule has 0 aliphatic rings. The van der Waals surface area contributed by atoms with E-state index >= 15 is 0 Å². The molecule has 0 unspecified atom stereocenters. The van der Waals surface area contributed by atoms with E-state index in [1.54, 1.807) is 7.11 Å². The third-order valence-corrected chi connectivity index (χ3v) is 2.42. The highest BCUT2D eigenvalue weighted by Gasteiger charge is 2.05. The van der Waals surface area contributed by atoms with Crippen LogP contribution in [0.3, 0.4) is 0 Å². The van der Waals surface area contributed by atoms with Gasteiger partial charge in [-0.1, -0.05) is 0 Å². The summed E-state index contributed by atoms with van der Waals surface area (Å²) >= 11 is 0. The summed E-state index contributed by atoms with van der Waals surface area (Å²) in [6.07, 6.45) is 0. The van der Waals surface area contributed by atoms with Crippen LogP contribution in [0.2, 0.25) is 0 Å². The van der Waals surface area contributed by atoms with Crippen LogP contribution in [0.1, 0.15) is 11.1 Å². The summed E-state index contributed by atoms with van der Waals surface area (Å²) in [4.78, 5) is 0. The summed E-state index contributed by atoms with van der Waals surface area (Å²) in [5, 5.41) is 3.27. The summed E-state index contributed by atoms with van der Waals surface area (Å²) in [7, 11) is 1.69. The van der Waals surface area contributed by atoms with Crippen molar-refractivity contribution in [1.29, 1.82) is 0 Å². The molecule has 14 heavy (non-hydrogen) atoms. The van der Waals surface area contributed by atoms with Crippen LogP contribution in [-0.2, 0) is 0 Å². The third-order valence-electron chi connectivity index (χ3n) is 2.42. The molecule has 3 nitrogen and oxygen atoms in total. The average molecular weight is 194 g/mol. The quantitative estimate of drug-likeness (QED) is 0.766. The summed E-state index contributed by atoms with van der Waals surface area (Å²) in [5.74, 6) is 0.931. The van der Waals surface area contributed by atoms with E-state index in [-0.39, 0.29) is 0 Å². The van der Waals surface area contributed by atoms with Crippen molar-refractivity contribution in [2.75, 3.05) is 25.5 Å². The van der Waals surface area contributed by atoms with Crippen molar-refractivity contribution in [2.24, 2.45) is 5.73 Å². The second kappa shape index (κ2) is 4.86. The van der Waals surface area contributed by atoms with Gasteiger partial charge in [0.2, 0.25) is 0 Å². The van der Waals surface area contributed by atoms with Gasteiger partial charge in [-0.2, -0.15) is 0 Å². The fraction of sp³-hybridized carbons (Fsp3) is 0.455. The van der Waals surface area contributed by atoms with Crippen molar-refractivity contribution < 1.29 is 4.74 Å². The number of anilines is 1. The van der Waals surface area contributed by atoms with Crippen molar-refractivity contribution in [2.45, 2.75) is 13.8 Å². The number of ether oxygens (including phenoxy) is 1. The van der Waals surface area contributed by atoms with Gasteiger partial charge in [0.25, 0.3) is 0 Å². The zero-order valence-electron chi connectivity index (χ0n) is 9.05. The standard InChI is InChI=1S/C11H18N2O/c1-8-9(2)11(14-3)5-4-10(8)13-7-6-12/h4-5,13H,6-7,12H2,1-3H3. The molecule has 0 aromatic heterocycles. The Morgan fingerprint density at radius 1 is 1.29 bits per heavy atom. The fourth-order valence-corrected chi connectivity index (χ4v) is 1.42. The lowest BCUT2D eigenvalue weighted by atomic mass is 10.1. The first-order chi connectivity index (χ1) is 6.70. The molecule has 0 saturated carbocycles. The molecule has 1 aromatic rings. The molecule has 0 saturated heterocycles. The van der Waals surface area contributed by atoms with Gasteiger partial charge in [0.1, 0.15) is 5.75 Å². The van der Waals surface area contributed by atoms with E-state index in [1.807, 2.05) is 12.1 Å². The van der Waals surface area contributed by atoms with Crippen LogP contribution < -0.4 is 15.8 Å². The van der Waals surface area contributed by atoms with Crippen LogP contribution >= 0.6 is 0 Å². The van der Waals surface area contributed by atoms with Gasteiger partial charge in [-0.3, -0.25) is 0 Å². The van der Waals surface area contributed by atoms with Gasteiger partial charge in [-0.05, 0) is 37.1 Å². The van der Waals surface area contributed by atoms with Crippen LogP contribution in [0.4, 0.5) is 5.69 Å². The van der Waals surface area contributed by atoms with Gasteiger partial charge in [0.05, 0.1) is 7.11 Å². The number of nitrogens with two attached hydrogens (primary N) is 1. The Labute approximate surface area is 85.3 Å². The Morgan fingerprint density at radius 2 is 2.00 bits per heavy atom. The number of hydrogen-bond acceptors (Lipinski definition) is 3. The second-order valence-electron chi connectivity index (χ2n) is 3.28. The summed E-state index contributed by atoms with van der Waals surface area (Å²) in [6, 6.07) is 4.00. The van der Waals surface area contributed by atoms with Gasteiger partial charge >= 0.3 is 0 Å². The Bertz CT molecular complexity index is 310. The van der Waals surface area contributed by atoms with Crippen LogP contribution in [-0.4, -0.2) is 20.2 Å². The van der Waals surface area contributed by atoms with E-state index in [0.29, 0.717) is 6.54 Å². The normalized spacial score (nSPS) is 10.0. The highest BCUT2D eigenvalue weighted by Crippen LogP contribution is 2.26. The molecule has 1 rings (SSSR count). The van der Waals surface area contributed by atoms with E-state index < -0.39 is 0 Å². The lowest BCUT2D eigenvalue weighted by Crippen LogP contribution is -2.14. The van der Waals surface area contributed by atoms with Crippen LogP contribution in [0.5, 0.6) is 5.75 Å². The summed E-state index contributed by atoms with van der Waals surface area (Å²) in [6.45, 7) is 5.58. The zero-order chi connectivity index (χ0) is 10.6.